The molecular formula is C16H21N3O3. The molecule has 6 nitrogen and oxygen atoms in total. The number of hydrogen-bond acceptors (Lipinski definition) is 5. The molecule has 0 aliphatic heterocycles. The highest BCUT2D eigenvalue weighted by Gasteiger charge is 2.15. The molecule has 0 atom stereocenters. The minimum atomic E-state index is -0.0154. The third-order valence-corrected chi connectivity index (χ3v) is 3.39. The van der Waals surface area contributed by atoms with Crippen LogP contribution in [0.15, 0.2) is 28.8 Å². The van der Waals surface area contributed by atoms with Gasteiger partial charge in [-0.3, -0.25) is 4.79 Å². The van der Waals surface area contributed by atoms with Gasteiger partial charge < -0.3 is 14.2 Å². The van der Waals surface area contributed by atoms with Crippen LogP contribution in [0.3, 0.4) is 0 Å². The van der Waals surface area contributed by atoms with E-state index in [-0.39, 0.29) is 12.3 Å². The fraction of sp³-hybridized carbons (Fsp3) is 0.438. The Morgan fingerprint density at radius 3 is 2.68 bits per heavy atom. The minimum absolute atomic E-state index is 0.0154. The second-order valence-electron chi connectivity index (χ2n) is 5.09. The fourth-order valence-corrected chi connectivity index (χ4v) is 1.97. The molecule has 0 radical (unpaired) electrons. The molecule has 6 heteroatoms. The van der Waals surface area contributed by atoms with E-state index >= 15 is 0 Å². The van der Waals surface area contributed by atoms with E-state index in [4.69, 9.17) is 9.26 Å². The highest BCUT2D eigenvalue weighted by molar-refractivity contribution is 5.77. The van der Waals surface area contributed by atoms with Gasteiger partial charge >= 0.3 is 0 Å². The number of ether oxygens (including phenoxy) is 1. The maximum atomic E-state index is 12.0. The molecular weight excluding hydrogens is 282 g/mol. The maximum Gasteiger partial charge on any atom is 0.236 e. The third-order valence-electron chi connectivity index (χ3n) is 3.39. The first kappa shape index (κ1) is 16.0. The van der Waals surface area contributed by atoms with Gasteiger partial charge in [-0.15, -0.1) is 0 Å². The zero-order valence-electron chi connectivity index (χ0n) is 13.2. The molecule has 2 aromatic rings. The predicted octanol–water partition coefficient (Wildman–Crippen LogP) is 2.55. The van der Waals surface area contributed by atoms with Gasteiger partial charge in [0, 0.05) is 19.2 Å². The summed E-state index contributed by atoms with van der Waals surface area (Å²) >= 11 is 0. The van der Waals surface area contributed by atoms with E-state index in [0.717, 1.165) is 30.7 Å². The van der Waals surface area contributed by atoms with E-state index in [9.17, 15) is 4.79 Å². The summed E-state index contributed by atoms with van der Waals surface area (Å²) in [7, 11) is 3.40. The number of methoxy groups -OCH3 is 1. The topological polar surface area (TPSA) is 68.5 Å². The normalized spacial score (nSPS) is 10.5. The van der Waals surface area contributed by atoms with Gasteiger partial charge in [0.25, 0.3) is 0 Å². The molecule has 0 aliphatic carbocycles. The number of likely N-dealkylation sites (N-methyl/N-ethyl adjacent to an activating group) is 1. The summed E-state index contributed by atoms with van der Waals surface area (Å²) < 4.78 is 10.3. The summed E-state index contributed by atoms with van der Waals surface area (Å²) in [5, 5.41) is 3.92. The third kappa shape index (κ3) is 4.07. The Balaban J connectivity index is 2.00. The van der Waals surface area contributed by atoms with Gasteiger partial charge in [0.05, 0.1) is 7.11 Å². The molecule has 1 aromatic carbocycles. The molecule has 0 bridgehead atoms. The number of amides is 1. The number of rotatable bonds is 7. The Morgan fingerprint density at radius 1 is 1.32 bits per heavy atom. The van der Waals surface area contributed by atoms with Crippen LogP contribution in [0.1, 0.15) is 25.7 Å². The average molecular weight is 303 g/mol. The van der Waals surface area contributed by atoms with Crippen molar-refractivity contribution in [2.45, 2.75) is 26.2 Å². The van der Waals surface area contributed by atoms with Crippen molar-refractivity contribution >= 4 is 5.91 Å². The molecule has 0 N–H and O–H groups in total. The lowest BCUT2D eigenvalue weighted by atomic mass is 10.2. The molecule has 2 rings (SSSR count). The van der Waals surface area contributed by atoms with Crippen LogP contribution in [-0.4, -0.2) is 41.6 Å². The predicted molar refractivity (Wildman–Crippen MR) is 82.5 cm³/mol. The highest BCUT2D eigenvalue weighted by atomic mass is 16.5. The minimum Gasteiger partial charge on any atom is -0.497 e. The van der Waals surface area contributed by atoms with Crippen molar-refractivity contribution < 1.29 is 14.1 Å². The molecule has 0 aliphatic rings. The van der Waals surface area contributed by atoms with Gasteiger partial charge in [-0.2, -0.15) is 4.98 Å². The van der Waals surface area contributed by atoms with E-state index in [0.29, 0.717) is 11.7 Å². The molecule has 1 aromatic heterocycles. The quantitative estimate of drug-likeness (QED) is 0.786. The molecule has 0 unspecified atom stereocenters. The standard InChI is InChI=1S/C16H21N3O3/c1-4-5-10-19(2)15(20)11-14-17-16(18-22-14)12-6-8-13(21-3)9-7-12/h6-9H,4-5,10-11H2,1-3H3. The summed E-state index contributed by atoms with van der Waals surface area (Å²) in [5.74, 6) is 1.56. The largest absolute Gasteiger partial charge is 0.497 e. The average Bonchev–Trinajstić information content (AvgIpc) is 3.01. The van der Waals surface area contributed by atoms with Crippen LogP contribution in [0.25, 0.3) is 11.4 Å². The molecule has 0 fully saturated rings. The lowest BCUT2D eigenvalue weighted by Gasteiger charge is -2.15. The van der Waals surface area contributed by atoms with E-state index < -0.39 is 0 Å². The number of nitrogens with zero attached hydrogens (tertiary/aromatic N) is 3. The van der Waals surface area contributed by atoms with Crippen molar-refractivity contribution in [2.75, 3.05) is 20.7 Å². The lowest BCUT2D eigenvalue weighted by Crippen LogP contribution is -2.29. The Bertz CT molecular complexity index is 607. The van der Waals surface area contributed by atoms with Crippen LogP contribution in [0.5, 0.6) is 5.75 Å². The van der Waals surface area contributed by atoms with E-state index in [1.165, 1.54) is 0 Å². The van der Waals surface area contributed by atoms with Gasteiger partial charge in [0.2, 0.25) is 17.6 Å². The van der Waals surface area contributed by atoms with E-state index in [1.54, 1.807) is 19.1 Å². The molecule has 0 spiro atoms. The Morgan fingerprint density at radius 2 is 2.05 bits per heavy atom. The fourth-order valence-electron chi connectivity index (χ4n) is 1.97. The first-order valence-electron chi connectivity index (χ1n) is 7.35. The van der Waals surface area contributed by atoms with Gasteiger partial charge in [-0.1, -0.05) is 18.5 Å². The van der Waals surface area contributed by atoms with Crippen LogP contribution in [-0.2, 0) is 11.2 Å². The summed E-state index contributed by atoms with van der Waals surface area (Å²) in [4.78, 5) is 18.0. The van der Waals surface area contributed by atoms with Gasteiger partial charge in [0.15, 0.2) is 0 Å². The molecule has 22 heavy (non-hydrogen) atoms. The second-order valence-corrected chi connectivity index (χ2v) is 5.09. The van der Waals surface area contributed by atoms with Crippen LogP contribution in [0, 0.1) is 0 Å². The number of hydrogen-bond donors (Lipinski definition) is 0. The Kier molecular flexibility index (Phi) is 5.52. The number of aromatic nitrogens is 2. The van der Waals surface area contributed by atoms with Crippen molar-refractivity contribution in [1.82, 2.24) is 15.0 Å². The first-order chi connectivity index (χ1) is 10.6. The van der Waals surface area contributed by atoms with Crippen molar-refractivity contribution in [1.29, 1.82) is 0 Å². The number of benzene rings is 1. The van der Waals surface area contributed by atoms with Crippen molar-refractivity contribution in [2.24, 2.45) is 0 Å². The number of unbranched alkanes of at least 4 members (excludes halogenated alkanes) is 1. The number of carbonyl (C=O) groups excluding carboxylic acids is 1. The second kappa shape index (κ2) is 7.59. The van der Waals surface area contributed by atoms with Gasteiger partial charge in [-0.25, -0.2) is 0 Å². The van der Waals surface area contributed by atoms with Crippen molar-refractivity contribution in [3.8, 4) is 17.1 Å². The monoisotopic (exact) mass is 303 g/mol. The number of carbonyl (C=O) groups is 1. The highest BCUT2D eigenvalue weighted by Crippen LogP contribution is 2.19. The summed E-state index contributed by atoms with van der Waals surface area (Å²) in [5.41, 5.74) is 0.822. The summed E-state index contributed by atoms with van der Waals surface area (Å²) in [6.07, 6.45) is 2.17. The maximum absolute atomic E-state index is 12.0. The SMILES string of the molecule is CCCCN(C)C(=O)Cc1nc(-c2ccc(OC)cc2)no1. The molecule has 0 saturated carbocycles. The van der Waals surface area contributed by atoms with Crippen LogP contribution in [0.4, 0.5) is 0 Å². The Hall–Kier alpha value is -2.37. The summed E-state index contributed by atoms with van der Waals surface area (Å²) in [6.45, 7) is 2.84. The van der Waals surface area contributed by atoms with E-state index in [1.807, 2.05) is 24.3 Å². The van der Waals surface area contributed by atoms with E-state index in [2.05, 4.69) is 17.1 Å². The molecule has 1 heterocycles. The van der Waals surface area contributed by atoms with Crippen molar-refractivity contribution in [3.63, 3.8) is 0 Å². The lowest BCUT2D eigenvalue weighted by molar-refractivity contribution is -0.129. The zero-order chi connectivity index (χ0) is 15.9. The zero-order valence-corrected chi connectivity index (χ0v) is 13.2. The molecule has 1 amide bonds. The summed E-state index contributed by atoms with van der Waals surface area (Å²) in [6, 6.07) is 7.36. The van der Waals surface area contributed by atoms with Crippen LogP contribution < -0.4 is 4.74 Å². The van der Waals surface area contributed by atoms with Crippen LogP contribution >= 0.6 is 0 Å². The molecule has 0 saturated heterocycles. The smallest absolute Gasteiger partial charge is 0.236 e. The Labute approximate surface area is 130 Å². The van der Waals surface area contributed by atoms with Crippen molar-refractivity contribution in [3.05, 3.63) is 30.2 Å². The van der Waals surface area contributed by atoms with Gasteiger partial charge in [-0.05, 0) is 30.7 Å². The van der Waals surface area contributed by atoms with Crippen LogP contribution in [0.2, 0.25) is 0 Å². The molecule has 118 valence electrons. The first-order valence-corrected chi connectivity index (χ1v) is 7.35. The van der Waals surface area contributed by atoms with Gasteiger partial charge in [0.1, 0.15) is 12.2 Å².